The number of anilines is 1. The van der Waals surface area contributed by atoms with Crippen molar-refractivity contribution in [2.24, 2.45) is 5.92 Å². The highest BCUT2D eigenvalue weighted by atomic mass is 32.1. The molecule has 0 spiro atoms. The lowest BCUT2D eigenvalue weighted by Crippen LogP contribution is -2.42. The molecule has 2 amide bonds. The van der Waals surface area contributed by atoms with Crippen LogP contribution in [0.1, 0.15) is 55.4 Å². The van der Waals surface area contributed by atoms with Crippen LogP contribution in [0.25, 0.3) is 0 Å². The molecule has 25 heavy (non-hydrogen) atoms. The van der Waals surface area contributed by atoms with Crippen LogP contribution in [-0.4, -0.2) is 43.1 Å². The zero-order valence-electron chi connectivity index (χ0n) is 14.5. The highest BCUT2D eigenvalue weighted by Gasteiger charge is 2.18. The standard InChI is InChI=1S/C17H26N4O3S/c22-15(7-6-13-4-2-1-3-5-13)19-20-16(23)14-12-25-17(18-14)21-8-10-24-11-9-21/h12-13H,1-11H2,(H,19,22)(H,20,23). The number of carbonyl (C=O) groups is 2. The Labute approximate surface area is 152 Å². The van der Waals surface area contributed by atoms with Crippen LogP contribution in [0, 0.1) is 5.92 Å². The Balaban J connectivity index is 1.39. The first-order chi connectivity index (χ1) is 12.2. The first-order valence-electron chi connectivity index (χ1n) is 9.10. The average molecular weight is 366 g/mol. The van der Waals surface area contributed by atoms with E-state index in [2.05, 4.69) is 20.7 Å². The van der Waals surface area contributed by atoms with Crippen molar-refractivity contribution in [2.45, 2.75) is 44.9 Å². The van der Waals surface area contributed by atoms with Crippen LogP contribution in [0.5, 0.6) is 0 Å². The number of thiazole rings is 1. The van der Waals surface area contributed by atoms with Crippen LogP contribution >= 0.6 is 11.3 Å². The lowest BCUT2D eigenvalue weighted by molar-refractivity contribution is -0.122. The zero-order valence-corrected chi connectivity index (χ0v) is 15.3. The maximum atomic E-state index is 12.1. The lowest BCUT2D eigenvalue weighted by atomic mass is 9.86. The normalized spacial score (nSPS) is 18.8. The van der Waals surface area contributed by atoms with Crippen LogP contribution < -0.4 is 15.8 Å². The monoisotopic (exact) mass is 366 g/mol. The van der Waals surface area contributed by atoms with Crippen LogP contribution in [0.2, 0.25) is 0 Å². The van der Waals surface area contributed by atoms with Crippen LogP contribution in [0.4, 0.5) is 5.13 Å². The van der Waals surface area contributed by atoms with Gasteiger partial charge in [-0.15, -0.1) is 11.3 Å². The third kappa shape index (κ3) is 5.40. The fraction of sp³-hybridized carbons (Fsp3) is 0.706. The second-order valence-corrected chi connectivity index (χ2v) is 7.50. The molecule has 0 atom stereocenters. The van der Waals surface area contributed by atoms with E-state index in [1.165, 1.54) is 43.4 Å². The predicted octanol–water partition coefficient (Wildman–Crippen LogP) is 2.10. The minimum absolute atomic E-state index is 0.137. The van der Waals surface area contributed by atoms with Crippen LogP contribution in [0.15, 0.2) is 5.38 Å². The molecule has 0 aromatic carbocycles. The van der Waals surface area contributed by atoms with Crippen molar-refractivity contribution in [3.8, 4) is 0 Å². The van der Waals surface area contributed by atoms with E-state index in [1.807, 2.05) is 0 Å². The predicted molar refractivity (Wildman–Crippen MR) is 96.6 cm³/mol. The summed E-state index contributed by atoms with van der Waals surface area (Å²) in [5.41, 5.74) is 5.30. The van der Waals surface area contributed by atoms with E-state index >= 15 is 0 Å². The minimum Gasteiger partial charge on any atom is -0.378 e. The van der Waals surface area contributed by atoms with Gasteiger partial charge in [0.15, 0.2) is 5.13 Å². The van der Waals surface area contributed by atoms with Crippen molar-refractivity contribution in [1.82, 2.24) is 15.8 Å². The molecule has 0 unspecified atom stereocenters. The number of nitrogens with one attached hydrogen (secondary N) is 2. The van der Waals surface area contributed by atoms with Gasteiger partial charge in [0.1, 0.15) is 5.69 Å². The molecule has 2 aliphatic rings. The summed E-state index contributed by atoms with van der Waals surface area (Å²) in [7, 11) is 0. The SMILES string of the molecule is O=C(CCC1CCCCC1)NNC(=O)c1csc(N2CCOCC2)n1. The Bertz CT molecular complexity index is 580. The molecule has 2 fully saturated rings. The van der Waals surface area contributed by atoms with Gasteiger partial charge in [0.05, 0.1) is 13.2 Å². The van der Waals surface area contributed by atoms with Gasteiger partial charge in [-0.3, -0.25) is 20.4 Å². The van der Waals surface area contributed by atoms with Gasteiger partial charge in [0.2, 0.25) is 5.91 Å². The fourth-order valence-corrected chi connectivity index (χ4v) is 4.19. The summed E-state index contributed by atoms with van der Waals surface area (Å²) in [6, 6.07) is 0. The van der Waals surface area contributed by atoms with Crippen molar-refractivity contribution in [2.75, 3.05) is 31.2 Å². The minimum atomic E-state index is -0.373. The van der Waals surface area contributed by atoms with Crippen molar-refractivity contribution in [1.29, 1.82) is 0 Å². The number of morpholine rings is 1. The molecule has 8 heteroatoms. The number of rotatable bonds is 5. The Hall–Kier alpha value is -1.67. The number of carbonyl (C=O) groups excluding carboxylic acids is 2. The molecule has 1 aliphatic heterocycles. The molecule has 1 aliphatic carbocycles. The van der Waals surface area contributed by atoms with E-state index in [9.17, 15) is 9.59 Å². The van der Waals surface area contributed by atoms with Gasteiger partial charge in [0.25, 0.3) is 5.91 Å². The molecule has 2 N–H and O–H groups in total. The van der Waals surface area contributed by atoms with E-state index in [0.717, 1.165) is 24.6 Å². The Morgan fingerprint density at radius 2 is 1.96 bits per heavy atom. The zero-order chi connectivity index (χ0) is 17.5. The molecule has 138 valence electrons. The van der Waals surface area contributed by atoms with Crippen molar-refractivity contribution >= 4 is 28.3 Å². The number of hydrazine groups is 1. The maximum absolute atomic E-state index is 12.1. The summed E-state index contributed by atoms with van der Waals surface area (Å²) < 4.78 is 5.32. The summed E-state index contributed by atoms with van der Waals surface area (Å²) >= 11 is 1.43. The average Bonchev–Trinajstić information content (AvgIpc) is 3.16. The number of ether oxygens (including phenoxy) is 1. The molecule has 1 aromatic heterocycles. The van der Waals surface area contributed by atoms with Crippen molar-refractivity contribution in [3.63, 3.8) is 0 Å². The third-order valence-electron chi connectivity index (χ3n) is 4.83. The molecule has 1 saturated carbocycles. The summed E-state index contributed by atoms with van der Waals surface area (Å²) in [5, 5.41) is 2.53. The number of aromatic nitrogens is 1. The van der Waals surface area contributed by atoms with Gasteiger partial charge in [-0.2, -0.15) is 0 Å². The van der Waals surface area contributed by atoms with Gasteiger partial charge < -0.3 is 9.64 Å². The highest BCUT2D eigenvalue weighted by Crippen LogP contribution is 2.27. The Morgan fingerprint density at radius 1 is 1.20 bits per heavy atom. The van der Waals surface area contributed by atoms with Gasteiger partial charge in [-0.1, -0.05) is 32.1 Å². The summed E-state index contributed by atoms with van der Waals surface area (Å²) in [5.74, 6) is 0.147. The van der Waals surface area contributed by atoms with Crippen LogP contribution in [0.3, 0.4) is 0 Å². The summed E-state index contributed by atoms with van der Waals surface area (Å²) in [6.45, 7) is 2.93. The van der Waals surface area contributed by atoms with E-state index < -0.39 is 0 Å². The number of nitrogens with zero attached hydrogens (tertiary/aromatic N) is 2. The molecule has 1 saturated heterocycles. The van der Waals surface area contributed by atoms with Crippen molar-refractivity contribution in [3.05, 3.63) is 11.1 Å². The van der Waals surface area contributed by atoms with Gasteiger partial charge in [-0.05, 0) is 12.3 Å². The summed E-state index contributed by atoms with van der Waals surface area (Å²) in [4.78, 5) is 30.5. The maximum Gasteiger partial charge on any atom is 0.289 e. The molecular weight excluding hydrogens is 340 g/mol. The first kappa shape index (κ1) is 18.1. The number of hydrogen-bond acceptors (Lipinski definition) is 6. The third-order valence-corrected chi connectivity index (χ3v) is 5.73. The molecule has 0 bridgehead atoms. The largest absolute Gasteiger partial charge is 0.378 e. The smallest absolute Gasteiger partial charge is 0.289 e. The second-order valence-electron chi connectivity index (χ2n) is 6.66. The van der Waals surface area contributed by atoms with Crippen LogP contribution in [-0.2, 0) is 9.53 Å². The molecule has 0 radical (unpaired) electrons. The molecule has 3 rings (SSSR count). The van der Waals surface area contributed by atoms with Gasteiger partial charge in [-0.25, -0.2) is 4.98 Å². The molecule has 2 heterocycles. The number of amides is 2. The van der Waals surface area contributed by atoms with E-state index in [1.54, 1.807) is 5.38 Å². The van der Waals surface area contributed by atoms with Gasteiger partial charge in [0, 0.05) is 24.9 Å². The van der Waals surface area contributed by atoms with E-state index in [0.29, 0.717) is 31.2 Å². The summed E-state index contributed by atoms with van der Waals surface area (Å²) in [6.07, 6.45) is 7.68. The van der Waals surface area contributed by atoms with E-state index in [4.69, 9.17) is 4.74 Å². The lowest BCUT2D eigenvalue weighted by Gasteiger charge is -2.25. The van der Waals surface area contributed by atoms with Gasteiger partial charge >= 0.3 is 0 Å². The highest BCUT2D eigenvalue weighted by molar-refractivity contribution is 7.13. The molecule has 1 aromatic rings. The van der Waals surface area contributed by atoms with E-state index in [-0.39, 0.29) is 11.8 Å². The number of hydrogen-bond donors (Lipinski definition) is 2. The topological polar surface area (TPSA) is 83.6 Å². The Kier molecular flexibility index (Phi) is 6.63. The molecular formula is C17H26N4O3S. The van der Waals surface area contributed by atoms with Crippen molar-refractivity contribution < 1.29 is 14.3 Å². The molecule has 7 nitrogen and oxygen atoms in total. The Morgan fingerprint density at radius 3 is 2.72 bits per heavy atom. The first-order valence-corrected chi connectivity index (χ1v) is 9.98. The fourth-order valence-electron chi connectivity index (χ4n) is 3.33. The quantitative estimate of drug-likeness (QED) is 0.780. The second kappa shape index (κ2) is 9.15.